The fourth-order valence-corrected chi connectivity index (χ4v) is 3.59. The van der Waals surface area contributed by atoms with E-state index in [2.05, 4.69) is 9.71 Å². The van der Waals surface area contributed by atoms with Gasteiger partial charge in [-0.25, -0.2) is 18.1 Å². The molecule has 1 fully saturated rings. The molecule has 0 amide bonds. The number of imidazole rings is 1. The van der Waals surface area contributed by atoms with E-state index in [1.165, 1.54) is 12.5 Å². The molecule has 1 saturated carbocycles. The van der Waals surface area contributed by atoms with Crippen LogP contribution in [0.3, 0.4) is 0 Å². The predicted octanol–water partition coefficient (Wildman–Crippen LogP) is 0.860. The molecule has 0 saturated heterocycles. The highest BCUT2D eigenvalue weighted by Crippen LogP contribution is 2.34. The van der Waals surface area contributed by atoms with Gasteiger partial charge in [0.15, 0.2) is 5.03 Å². The molecule has 16 heavy (non-hydrogen) atoms. The Hall–Kier alpha value is -0.590. The second-order valence-corrected chi connectivity index (χ2v) is 6.15. The molecule has 0 unspecified atom stereocenters. The predicted molar refractivity (Wildman–Crippen MR) is 60.8 cm³/mol. The Morgan fingerprint density at radius 3 is 2.69 bits per heavy atom. The molecule has 2 rings (SSSR count). The van der Waals surface area contributed by atoms with E-state index in [9.17, 15) is 8.42 Å². The van der Waals surface area contributed by atoms with E-state index < -0.39 is 15.6 Å². The van der Waals surface area contributed by atoms with Gasteiger partial charge in [0.2, 0.25) is 0 Å². The van der Waals surface area contributed by atoms with Crippen molar-refractivity contribution >= 4 is 21.6 Å². The number of sulfonamides is 1. The summed E-state index contributed by atoms with van der Waals surface area (Å²) < 4.78 is 28.2. The molecule has 1 aliphatic carbocycles. The van der Waals surface area contributed by atoms with Crippen LogP contribution in [-0.4, -0.2) is 29.4 Å². The molecular formula is C9H14ClN3O2S. The minimum atomic E-state index is -3.54. The summed E-state index contributed by atoms with van der Waals surface area (Å²) in [5, 5.41) is 0.0476. The fraction of sp³-hybridized carbons (Fsp3) is 0.667. The average Bonchev–Trinajstić information content (AvgIpc) is 2.59. The van der Waals surface area contributed by atoms with Crippen molar-refractivity contribution in [1.82, 2.24) is 14.3 Å². The third-order valence-electron chi connectivity index (χ3n) is 2.87. The summed E-state index contributed by atoms with van der Waals surface area (Å²) in [6.45, 7) is 0. The number of aryl methyl sites for hydroxylation is 1. The number of hydrogen-bond acceptors (Lipinski definition) is 3. The van der Waals surface area contributed by atoms with E-state index in [1.54, 1.807) is 11.6 Å². The van der Waals surface area contributed by atoms with Crippen LogP contribution in [0.25, 0.3) is 0 Å². The molecule has 1 N–H and O–H groups in total. The maximum atomic E-state index is 12.0. The maximum Gasteiger partial charge on any atom is 0.260 e. The third-order valence-corrected chi connectivity index (χ3v) is 4.85. The molecule has 0 spiro atoms. The summed E-state index contributed by atoms with van der Waals surface area (Å²) >= 11 is 5.81. The van der Waals surface area contributed by atoms with Gasteiger partial charge in [-0.1, -0.05) is 0 Å². The van der Waals surface area contributed by atoms with Gasteiger partial charge in [0, 0.05) is 24.7 Å². The number of alkyl halides is 1. The Morgan fingerprint density at radius 1 is 1.62 bits per heavy atom. The van der Waals surface area contributed by atoms with Crippen molar-refractivity contribution in [2.24, 2.45) is 7.05 Å². The Balaban J connectivity index is 2.20. The number of nitrogens with zero attached hydrogens (tertiary/aromatic N) is 2. The Labute approximate surface area is 99.9 Å². The highest BCUT2D eigenvalue weighted by Gasteiger charge is 2.40. The quantitative estimate of drug-likeness (QED) is 0.820. The van der Waals surface area contributed by atoms with E-state index in [0.29, 0.717) is 5.88 Å². The minimum Gasteiger partial charge on any atom is -0.339 e. The molecular weight excluding hydrogens is 250 g/mol. The van der Waals surface area contributed by atoms with Crippen molar-refractivity contribution in [3.05, 3.63) is 12.5 Å². The standard InChI is InChI=1S/C9H14ClN3O2S/c1-13-5-8(11-7-13)16(14,15)12-9(6-10)3-2-4-9/h5,7,12H,2-4,6H2,1H3. The maximum absolute atomic E-state index is 12.0. The van der Waals surface area contributed by atoms with E-state index >= 15 is 0 Å². The molecule has 1 aromatic heterocycles. The fourth-order valence-electron chi connectivity index (χ4n) is 1.73. The summed E-state index contributed by atoms with van der Waals surface area (Å²) in [7, 11) is -1.81. The molecule has 1 aliphatic rings. The number of aromatic nitrogens is 2. The number of halogens is 1. The van der Waals surface area contributed by atoms with Gasteiger partial charge in [-0.05, 0) is 19.3 Å². The molecule has 0 aliphatic heterocycles. The van der Waals surface area contributed by atoms with E-state index in [4.69, 9.17) is 11.6 Å². The molecule has 5 nitrogen and oxygen atoms in total. The lowest BCUT2D eigenvalue weighted by Crippen LogP contribution is -2.54. The molecule has 0 aromatic carbocycles. The van der Waals surface area contributed by atoms with E-state index in [0.717, 1.165) is 19.3 Å². The highest BCUT2D eigenvalue weighted by molar-refractivity contribution is 7.89. The van der Waals surface area contributed by atoms with Crippen LogP contribution < -0.4 is 4.72 Å². The largest absolute Gasteiger partial charge is 0.339 e. The second-order valence-electron chi connectivity index (χ2n) is 4.25. The van der Waals surface area contributed by atoms with Gasteiger partial charge in [-0.15, -0.1) is 11.6 Å². The highest BCUT2D eigenvalue weighted by atomic mass is 35.5. The van der Waals surface area contributed by atoms with Gasteiger partial charge in [0.25, 0.3) is 10.0 Å². The first-order chi connectivity index (χ1) is 7.47. The van der Waals surface area contributed by atoms with Gasteiger partial charge in [0.05, 0.1) is 6.33 Å². The zero-order valence-electron chi connectivity index (χ0n) is 8.98. The van der Waals surface area contributed by atoms with Gasteiger partial charge in [-0.2, -0.15) is 0 Å². The van der Waals surface area contributed by atoms with Crippen molar-refractivity contribution < 1.29 is 8.42 Å². The lowest BCUT2D eigenvalue weighted by atomic mass is 9.79. The Kier molecular flexibility index (Phi) is 2.98. The lowest BCUT2D eigenvalue weighted by molar-refractivity contribution is 0.252. The normalized spacial score (nSPS) is 19.4. The van der Waals surface area contributed by atoms with Gasteiger partial charge < -0.3 is 4.57 Å². The minimum absolute atomic E-state index is 0.0476. The van der Waals surface area contributed by atoms with E-state index in [1.807, 2.05) is 0 Å². The summed E-state index contributed by atoms with van der Waals surface area (Å²) in [5.74, 6) is 0.305. The first-order valence-electron chi connectivity index (χ1n) is 5.05. The molecule has 90 valence electrons. The van der Waals surface area contributed by atoms with Gasteiger partial charge in [-0.3, -0.25) is 0 Å². The zero-order valence-corrected chi connectivity index (χ0v) is 10.6. The van der Waals surface area contributed by atoms with Crippen molar-refractivity contribution in [1.29, 1.82) is 0 Å². The number of rotatable bonds is 4. The summed E-state index contributed by atoms with van der Waals surface area (Å²) in [5.41, 5.74) is -0.460. The SMILES string of the molecule is Cn1cnc(S(=O)(=O)NC2(CCl)CCC2)c1. The first-order valence-corrected chi connectivity index (χ1v) is 7.07. The number of hydrogen-bond donors (Lipinski definition) is 1. The molecule has 1 aromatic rings. The van der Waals surface area contributed by atoms with Gasteiger partial charge in [0.1, 0.15) is 0 Å². The smallest absolute Gasteiger partial charge is 0.260 e. The monoisotopic (exact) mass is 263 g/mol. The second kappa shape index (κ2) is 4.01. The van der Waals surface area contributed by atoms with Crippen LogP contribution in [0, 0.1) is 0 Å². The van der Waals surface area contributed by atoms with Crippen molar-refractivity contribution in [3.63, 3.8) is 0 Å². The first kappa shape index (κ1) is 11.9. The van der Waals surface area contributed by atoms with Crippen LogP contribution in [0.4, 0.5) is 0 Å². The molecule has 1 heterocycles. The number of nitrogens with one attached hydrogen (secondary N) is 1. The molecule has 0 atom stereocenters. The zero-order chi connectivity index (χ0) is 11.8. The van der Waals surface area contributed by atoms with Crippen LogP contribution >= 0.6 is 11.6 Å². The van der Waals surface area contributed by atoms with Crippen LogP contribution in [0.1, 0.15) is 19.3 Å². The average molecular weight is 264 g/mol. The Morgan fingerprint density at radius 2 is 2.31 bits per heavy atom. The third kappa shape index (κ3) is 2.09. The van der Waals surface area contributed by atoms with Crippen LogP contribution in [0.2, 0.25) is 0 Å². The summed E-state index contributed by atoms with van der Waals surface area (Å²) in [6.07, 6.45) is 5.54. The van der Waals surface area contributed by atoms with Gasteiger partial charge >= 0.3 is 0 Å². The molecule has 0 bridgehead atoms. The lowest BCUT2D eigenvalue weighted by Gasteiger charge is -2.40. The topological polar surface area (TPSA) is 64.0 Å². The van der Waals surface area contributed by atoms with Crippen molar-refractivity contribution in [3.8, 4) is 0 Å². The molecule has 0 radical (unpaired) electrons. The summed E-state index contributed by atoms with van der Waals surface area (Å²) in [4.78, 5) is 3.83. The van der Waals surface area contributed by atoms with Crippen molar-refractivity contribution in [2.45, 2.75) is 29.8 Å². The van der Waals surface area contributed by atoms with Crippen LogP contribution in [0.5, 0.6) is 0 Å². The van der Waals surface area contributed by atoms with Crippen LogP contribution in [0.15, 0.2) is 17.6 Å². The summed E-state index contributed by atoms with van der Waals surface area (Å²) in [6, 6.07) is 0. The van der Waals surface area contributed by atoms with Crippen LogP contribution in [-0.2, 0) is 17.1 Å². The van der Waals surface area contributed by atoms with Crippen molar-refractivity contribution in [2.75, 3.05) is 5.88 Å². The Bertz CT molecular complexity index is 473. The van der Waals surface area contributed by atoms with E-state index in [-0.39, 0.29) is 5.03 Å². The molecule has 7 heteroatoms.